The summed E-state index contributed by atoms with van der Waals surface area (Å²) < 4.78 is 46.2. The summed E-state index contributed by atoms with van der Waals surface area (Å²) in [6, 6.07) is 8.84. The molecular formula is C23H25F3N4O2. The molecule has 0 unspecified atom stereocenters. The Bertz CT molecular complexity index is 1050. The largest absolute Gasteiger partial charge is 0.489 e. The lowest BCUT2D eigenvalue weighted by molar-refractivity contribution is -0.137. The highest BCUT2D eigenvalue weighted by molar-refractivity contribution is 6.02. The van der Waals surface area contributed by atoms with Crippen molar-refractivity contribution in [1.82, 2.24) is 5.01 Å². The number of alkyl halides is 3. The highest BCUT2D eigenvalue weighted by atomic mass is 19.4. The third-order valence-electron chi connectivity index (χ3n) is 5.14. The Hall–Kier alpha value is -3.46. The normalized spacial score (nSPS) is 13.7. The first-order valence-electron chi connectivity index (χ1n) is 10.0. The fourth-order valence-electron chi connectivity index (χ4n) is 3.49. The first kappa shape index (κ1) is 23.2. The summed E-state index contributed by atoms with van der Waals surface area (Å²) in [5.41, 5.74) is 7.31. The molecule has 4 N–H and O–H groups in total. The minimum atomic E-state index is -4.54. The number of hydrogen-bond donors (Lipinski definition) is 2. The van der Waals surface area contributed by atoms with E-state index in [0.29, 0.717) is 36.5 Å². The number of amides is 1. The lowest BCUT2D eigenvalue weighted by atomic mass is 10.0. The number of anilines is 1. The molecule has 0 spiro atoms. The third-order valence-corrected chi connectivity index (χ3v) is 5.14. The van der Waals surface area contributed by atoms with E-state index in [0.717, 1.165) is 17.7 Å². The maximum Gasteiger partial charge on any atom is 0.416 e. The number of fused-ring (bicyclic) bond motifs is 1. The fraction of sp³-hybridized carbons (Fsp3) is 0.261. The lowest BCUT2D eigenvalue weighted by Gasteiger charge is -2.17. The number of nitrogens with zero attached hydrogens (tertiary/aromatic N) is 2. The summed E-state index contributed by atoms with van der Waals surface area (Å²) in [5, 5.41) is 1.29. The van der Waals surface area contributed by atoms with Crippen LogP contribution in [0.3, 0.4) is 0 Å². The zero-order valence-electron chi connectivity index (χ0n) is 17.7. The molecule has 0 bridgehead atoms. The molecule has 0 aliphatic carbocycles. The van der Waals surface area contributed by atoms with Crippen LogP contribution >= 0.6 is 0 Å². The Labute approximate surface area is 184 Å². The van der Waals surface area contributed by atoms with Crippen molar-refractivity contribution in [2.45, 2.75) is 26.1 Å². The van der Waals surface area contributed by atoms with Gasteiger partial charge in [-0.3, -0.25) is 4.79 Å². The van der Waals surface area contributed by atoms with Gasteiger partial charge in [0.05, 0.1) is 16.9 Å². The molecule has 1 heterocycles. The number of rotatable bonds is 7. The van der Waals surface area contributed by atoms with Crippen molar-refractivity contribution in [2.24, 2.45) is 11.6 Å². The van der Waals surface area contributed by atoms with Crippen LogP contribution < -0.4 is 21.2 Å². The van der Waals surface area contributed by atoms with Gasteiger partial charge in [0.25, 0.3) is 0 Å². The Balaban J connectivity index is 1.89. The van der Waals surface area contributed by atoms with Crippen molar-refractivity contribution < 1.29 is 22.7 Å². The molecular weight excluding hydrogens is 421 g/mol. The van der Waals surface area contributed by atoms with Gasteiger partial charge in [0.2, 0.25) is 5.91 Å². The summed E-state index contributed by atoms with van der Waals surface area (Å²) in [5.74, 6) is 6.00. The summed E-state index contributed by atoms with van der Waals surface area (Å²) in [6.45, 7) is 6.13. The first-order chi connectivity index (χ1) is 15.1. The molecule has 1 aliphatic rings. The van der Waals surface area contributed by atoms with E-state index in [2.05, 4.69) is 6.58 Å². The quantitative estimate of drug-likeness (QED) is 0.384. The molecule has 170 valence electrons. The van der Waals surface area contributed by atoms with Crippen LogP contribution in [0.4, 0.5) is 18.9 Å². The van der Waals surface area contributed by atoms with E-state index in [9.17, 15) is 18.0 Å². The molecule has 0 saturated carbocycles. The van der Waals surface area contributed by atoms with Crippen LogP contribution in [0.2, 0.25) is 0 Å². The van der Waals surface area contributed by atoms with Gasteiger partial charge >= 0.3 is 6.18 Å². The monoisotopic (exact) mass is 446 g/mol. The maximum absolute atomic E-state index is 13.5. The van der Waals surface area contributed by atoms with Gasteiger partial charge in [-0.15, -0.1) is 0 Å². The lowest BCUT2D eigenvalue weighted by Crippen LogP contribution is -2.26. The number of carbonyl (C=O) groups excluding carboxylic acids is 1. The molecule has 1 amide bonds. The number of halogens is 3. The smallest absolute Gasteiger partial charge is 0.416 e. The standard InChI is InChI=1S/C23H25F3N4O2/c1-3-22(31)30-9-8-18-20(30)6-5-7-21(18)32-14-15-10-16(19(27)13-29(28)4-2)12-17(11-15)23(24,25)26/h3,5-7,10-13H,1,4,8-9,14,27-28H2,2H3/b19-13-. The molecule has 0 atom stereocenters. The van der Waals surface area contributed by atoms with Crippen molar-refractivity contribution in [3.05, 3.63) is 77.5 Å². The summed E-state index contributed by atoms with van der Waals surface area (Å²) in [7, 11) is 0. The zero-order chi connectivity index (χ0) is 23.5. The van der Waals surface area contributed by atoms with Gasteiger partial charge < -0.3 is 20.4 Å². The minimum Gasteiger partial charge on any atom is -0.489 e. The molecule has 1 aliphatic heterocycles. The number of hydrogen-bond acceptors (Lipinski definition) is 5. The second-order valence-electron chi connectivity index (χ2n) is 7.32. The van der Waals surface area contributed by atoms with Crippen LogP contribution in [0.15, 0.2) is 55.3 Å². The van der Waals surface area contributed by atoms with Crippen molar-refractivity contribution in [3.8, 4) is 5.75 Å². The average molecular weight is 446 g/mol. The third kappa shape index (κ3) is 5.05. The molecule has 2 aromatic rings. The van der Waals surface area contributed by atoms with Crippen LogP contribution in [-0.2, 0) is 24.0 Å². The molecule has 9 heteroatoms. The fourth-order valence-corrected chi connectivity index (χ4v) is 3.49. The maximum atomic E-state index is 13.5. The van der Waals surface area contributed by atoms with Crippen LogP contribution in [-0.4, -0.2) is 24.0 Å². The molecule has 2 aromatic carbocycles. The Morgan fingerprint density at radius 2 is 2.06 bits per heavy atom. The van der Waals surface area contributed by atoms with E-state index in [1.165, 1.54) is 17.3 Å². The van der Waals surface area contributed by atoms with Gasteiger partial charge in [-0.05, 0) is 60.9 Å². The molecule has 0 radical (unpaired) electrons. The van der Waals surface area contributed by atoms with Gasteiger partial charge in [0, 0.05) is 24.9 Å². The highest BCUT2D eigenvalue weighted by Gasteiger charge is 2.31. The molecule has 32 heavy (non-hydrogen) atoms. The van der Waals surface area contributed by atoms with Crippen molar-refractivity contribution in [3.63, 3.8) is 0 Å². The van der Waals surface area contributed by atoms with E-state index in [-0.39, 0.29) is 23.8 Å². The van der Waals surface area contributed by atoms with Gasteiger partial charge in [0.15, 0.2) is 0 Å². The molecule has 0 saturated heterocycles. The van der Waals surface area contributed by atoms with Gasteiger partial charge in [-0.1, -0.05) is 12.6 Å². The number of ether oxygens (including phenoxy) is 1. The van der Waals surface area contributed by atoms with Crippen molar-refractivity contribution >= 4 is 17.3 Å². The Kier molecular flexibility index (Phi) is 6.78. The number of nitrogens with two attached hydrogens (primary N) is 2. The summed E-state index contributed by atoms with van der Waals surface area (Å²) in [6.07, 6.45) is -1.34. The van der Waals surface area contributed by atoms with Gasteiger partial charge in [0.1, 0.15) is 12.4 Å². The van der Waals surface area contributed by atoms with E-state index < -0.39 is 11.7 Å². The van der Waals surface area contributed by atoms with E-state index in [1.54, 1.807) is 36.1 Å². The predicted molar refractivity (Wildman–Crippen MR) is 117 cm³/mol. The van der Waals surface area contributed by atoms with E-state index >= 15 is 0 Å². The topological polar surface area (TPSA) is 84.8 Å². The molecule has 0 aromatic heterocycles. The summed E-state index contributed by atoms with van der Waals surface area (Å²) in [4.78, 5) is 13.6. The first-order valence-corrected chi connectivity index (χ1v) is 10.0. The van der Waals surface area contributed by atoms with Crippen LogP contribution in [0.1, 0.15) is 29.2 Å². The average Bonchev–Trinajstić information content (AvgIpc) is 3.21. The van der Waals surface area contributed by atoms with Crippen molar-refractivity contribution in [2.75, 3.05) is 18.0 Å². The predicted octanol–water partition coefficient (Wildman–Crippen LogP) is 3.81. The highest BCUT2D eigenvalue weighted by Crippen LogP contribution is 2.36. The summed E-state index contributed by atoms with van der Waals surface area (Å²) >= 11 is 0. The van der Waals surface area contributed by atoms with Crippen LogP contribution in [0, 0.1) is 0 Å². The minimum absolute atomic E-state index is 0.101. The number of hydrazine groups is 1. The Morgan fingerprint density at radius 1 is 1.31 bits per heavy atom. The molecule has 0 fully saturated rings. The van der Waals surface area contributed by atoms with E-state index in [1.807, 2.05) is 0 Å². The van der Waals surface area contributed by atoms with Crippen LogP contribution in [0.25, 0.3) is 5.70 Å². The van der Waals surface area contributed by atoms with E-state index in [4.69, 9.17) is 16.3 Å². The molecule has 6 nitrogen and oxygen atoms in total. The van der Waals surface area contributed by atoms with Gasteiger partial charge in [-0.2, -0.15) is 13.2 Å². The second-order valence-corrected chi connectivity index (χ2v) is 7.32. The SMILES string of the molecule is C=CC(=O)N1CCc2c(OCc3cc(/C(N)=C/N(N)CC)cc(C(F)(F)F)c3)cccc21. The molecule has 3 rings (SSSR count). The van der Waals surface area contributed by atoms with Gasteiger partial charge in [-0.25, -0.2) is 5.84 Å². The Morgan fingerprint density at radius 3 is 2.72 bits per heavy atom. The number of benzene rings is 2. The zero-order valence-corrected chi connectivity index (χ0v) is 17.7. The number of carbonyl (C=O) groups is 1. The van der Waals surface area contributed by atoms with Crippen LogP contribution in [0.5, 0.6) is 5.75 Å². The second kappa shape index (κ2) is 9.35. The van der Waals surface area contributed by atoms with Crippen molar-refractivity contribution in [1.29, 1.82) is 0 Å².